The van der Waals surface area contributed by atoms with Crippen LogP contribution in [-0.2, 0) is 7.05 Å². The smallest absolute Gasteiger partial charge is 0.279 e. The first kappa shape index (κ1) is 17.7. The molecule has 1 N–H and O–H groups in total. The quantitative estimate of drug-likeness (QED) is 0.936. The average molecular weight is 329 g/mol. The van der Waals surface area contributed by atoms with Gasteiger partial charge >= 0.3 is 0 Å². The lowest BCUT2D eigenvalue weighted by Crippen LogP contribution is -2.31. The van der Waals surface area contributed by atoms with E-state index < -0.39 is 11.5 Å². The second kappa shape index (κ2) is 6.86. The van der Waals surface area contributed by atoms with Crippen molar-refractivity contribution >= 4 is 11.6 Å². The SMILES string of the molecule is Cc1cc(NC(=O)c2c(C)c(C)nn(C)c2=O)ccc1OC(C)C. The van der Waals surface area contributed by atoms with Crippen LogP contribution in [0.5, 0.6) is 5.75 Å². The minimum Gasteiger partial charge on any atom is -0.491 e. The van der Waals surface area contributed by atoms with Crippen LogP contribution in [0, 0.1) is 20.8 Å². The molecule has 0 fully saturated rings. The molecule has 0 atom stereocenters. The van der Waals surface area contributed by atoms with E-state index in [4.69, 9.17) is 4.74 Å². The first-order valence-electron chi connectivity index (χ1n) is 7.84. The van der Waals surface area contributed by atoms with Crippen LogP contribution in [0.4, 0.5) is 5.69 Å². The zero-order valence-corrected chi connectivity index (χ0v) is 14.9. The minimum atomic E-state index is -0.435. The summed E-state index contributed by atoms with van der Waals surface area (Å²) in [6, 6.07) is 5.40. The molecule has 1 amide bonds. The lowest BCUT2D eigenvalue weighted by Gasteiger charge is -2.14. The number of nitrogens with one attached hydrogen (secondary N) is 1. The number of benzene rings is 1. The molecule has 128 valence electrons. The Kier molecular flexibility index (Phi) is 5.07. The molecule has 0 unspecified atom stereocenters. The van der Waals surface area contributed by atoms with E-state index in [2.05, 4.69) is 10.4 Å². The van der Waals surface area contributed by atoms with Gasteiger partial charge in [-0.25, -0.2) is 4.68 Å². The molecule has 1 heterocycles. The Balaban J connectivity index is 2.31. The lowest BCUT2D eigenvalue weighted by molar-refractivity contribution is 0.102. The van der Waals surface area contributed by atoms with Gasteiger partial charge in [0.2, 0.25) is 0 Å². The van der Waals surface area contributed by atoms with Crippen molar-refractivity contribution in [2.75, 3.05) is 5.32 Å². The molecule has 0 aliphatic carbocycles. The Bertz CT molecular complexity index is 838. The Morgan fingerprint density at radius 3 is 2.50 bits per heavy atom. The first-order chi connectivity index (χ1) is 11.2. The van der Waals surface area contributed by atoms with Crippen LogP contribution in [0.2, 0.25) is 0 Å². The third-order valence-electron chi connectivity index (χ3n) is 3.75. The normalized spacial score (nSPS) is 10.8. The Hall–Kier alpha value is -2.63. The number of ether oxygens (including phenoxy) is 1. The monoisotopic (exact) mass is 329 g/mol. The van der Waals surface area contributed by atoms with Crippen molar-refractivity contribution in [3.63, 3.8) is 0 Å². The van der Waals surface area contributed by atoms with Crippen molar-refractivity contribution in [1.82, 2.24) is 9.78 Å². The number of rotatable bonds is 4. The molecule has 1 aromatic carbocycles. The second-order valence-corrected chi connectivity index (χ2v) is 6.12. The van der Waals surface area contributed by atoms with E-state index >= 15 is 0 Å². The van der Waals surface area contributed by atoms with E-state index in [1.165, 1.54) is 11.7 Å². The van der Waals surface area contributed by atoms with Crippen molar-refractivity contribution in [3.8, 4) is 5.75 Å². The average Bonchev–Trinajstić information content (AvgIpc) is 2.48. The number of carbonyl (C=O) groups is 1. The molecule has 0 radical (unpaired) electrons. The summed E-state index contributed by atoms with van der Waals surface area (Å²) in [5.41, 5.74) is 2.48. The standard InChI is InChI=1S/C18H23N3O3/c1-10(2)24-15-8-7-14(9-11(15)3)19-17(22)16-12(4)13(5)20-21(6)18(16)23/h7-10H,1-6H3,(H,19,22). The summed E-state index contributed by atoms with van der Waals surface area (Å²) in [7, 11) is 1.54. The third kappa shape index (κ3) is 3.64. The number of aromatic nitrogens is 2. The molecular formula is C18H23N3O3. The fourth-order valence-corrected chi connectivity index (χ4v) is 2.42. The lowest BCUT2D eigenvalue weighted by atomic mass is 10.1. The van der Waals surface area contributed by atoms with Gasteiger partial charge in [0.05, 0.1) is 11.8 Å². The molecule has 0 saturated heterocycles. The molecule has 0 aliphatic heterocycles. The Morgan fingerprint density at radius 2 is 1.92 bits per heavy atom. The maximum Gasteiger partial charge on any atom is 0.279 e. The summed E-state index contributed by atoms with van der Waals surface area (Å²) >= 11 is 0. The van der Waals surface area contributed by atoms with E-state index in [1.807, 2.05) is 32.9 Å². The van der Waals surface area contributed by atoms with Gasteiger partial charge in [-0.1, -0.05) is 0 Å². The van der Waals surface area contributed by atoms with Crippen LogP contribution in [0.15, 0.2) is 23.0 Å². The van der Waals surface area contributed by atoms with Crippen molar-refractivity contribution in [3.05, 3.63) is 50.9 Å². The van der Waals surface area contributed by atoms with Gasteiger partial charge in [-0.3, -0.25) is 9.59 Å². The summed E-state index contributed by atoms with van der Waals surface area (Å²) in [5.74, 6) is 0.338. The highest BCUT2D eigenvalue weighted by Crippen LogP contribution is 2.23. The second-order valence-electron chi connectivity index (χ2n) is 6.12. The predicted molar refractivity (Wildman–Crippen MR) is 93.8 cm³/mol. The largest absolute Gasteiger partial charge is 0.491 e. The molecular weight excluding hydrogens is 306 g/mol. The van der Waals surface area contributed by atoms with E-state index in [9.17, 15) is 9.59 Å². The number of carbonyl (C=O) groups excluding carboxylic acids is 1. The van der Waals surface area contributed by atoms with Crippen LogP contribution in [0.1, 0.15) is 41.0 Å². The first-order valence-corrected chi connectivity index (χ1v) is 7.84. The zero-order valence-electron chi connectivity index (χ0n) is 14.9. The number of hydrogen-bond donors (Lipinski definition) is 1. The zero-order chi connectivity index (χ0) is 18.0. The molecule has 0 saturated carbocycles. The number of hydrogen-bond acceptors (Lipinski definition) is 4. The molecule has 1 aromatic heterocycles. The van der Waals surface area contributed by atoms with Crippen molar-refractivity contribution in [2.45, 2.75) is 40.7 Å². The summed E-state index contributed by atoms with van der Waals surface area (Å²) in [4.78, 5) is 24.8. The van der Waals surface area contributed by atoms with Gasteiger partial charge in [0.15, 0.2) is 0 Å². The van der Waals surface area contributed by atoms with Crippen LogP contribution >= 0.6 is 0 Å². The Labute approximate surface area is 141 Å². The molecule has 0 bridgehead atoms. The number of aryl methyl sites for hydroxylation is 3. The summed E-state index contributed by atoms with van der Waals surface area (Å²) in [6.07, 6.45) is 0.0783. The van der Waals surface area contributed by atoms with E-state index in [0.29, 0.717) is 16.9 Å². The van der Waals surface area contributed by atoms with Gasteiger partial charge in [-0.15, -0.1) is 0 Å². The van der Waals surface area contributed by atoms with Crippen LogP contribution in [0.3, 0.4) is 0 Å². The summed E-state index contributed by atoms with van der Waals surface area (Å²) < 4.78 is 6.87. The number of nitrogens with zero attached hydrogens (tertiary/aromatic N) is 2. The molecule has 24 heavy (non-hydrogen) atoms. The third-order valence-corrected chi connectivity index (χ3v) is 3.75. The molecule has 0 aliphatic rings. The van der Waals surface area contributed by atoms with E-state index in [-0.39, 0.29) is 11.7 Å². The van der Waals surface area contributed by atoms with E-state index in [1.54, 1.807) is 19.9 Å². The van der Waals surface area contributed by atoms with Crippen LogP contribution in [-0.4, -0.2) is 21.8 Å². The summed E-state index contributed by atoms with van der Waals surface area (Å²) in [6.45, 7) is 9.32. The van der Waals surface area contributed by atoms with Gasteiger partial charge < -0.3 is 10.1 Å². The van der Waals surface area contributed by atoms with Gasteiger partial charge in [0, 0.05) is 12.7 Å². The van der Waals surface area contributed by atoms with Gasteiger partial charge in [0.1, 0.15) is 11.3 Å². The highest BCUT2D eigenvalue weighted by atomic mass is 16.5. The van der Waals surface area contributed by atoms with Gasteiger partial charge in [-0.2, -0.15) is 5.10 Å². The highest BCUT2D eigenvalue weighted by Gasteiger charge is 2.18. The minimum absolute atomic E-state index is 0.0783. The van der Waals surface area contributed by atoms with E-state index in [0.717, 1.165) is 11.3 Å². The highest BCUT2D eigenvalue weighted by molar-refractivity contribution is 6.05. The molecule has 0 spiro atoms. The van der Waals surface area contributed by atoms with Gasteiger partial charge in [0.25, 0.3) is 11.5 Å². The fraction of sp³-hybridized carbons (Fsp3) is 0.389. The number of amides is 1. The van der Waals surface area contributed by atoms with Gasteiger partial charge in [-0.05, 0) is 63.9 Å². The molecule has 2 aromatic rings. The molecule has 2 rings (SSSR count). The predicted octanol–water partition coefficient (Wildman–Crippen LogP) is 2.75. The van der Waals surface area contributed by atoms with Crippen LogP contribution < -0.4 is 15.6 Å². The number of anilines is 1. The van der Waals surface area contributed by atoms with Crippen LogP contribution in [0.25, 0.3) is 0 Å². The molecule has 6 heteroatoms. The summed E-state index contributed by atoms with van der Waals surface area (Å²) in [5, 5.41) is 6.86. The Morgan fingerprint density at radius 1 is 1.25 bits per heavy atom. The molecule has 6 nitrogen and oxygen atoms in total. The van der Waals surface area contributed by atoms with Crippen molar-refractivity contribution in [2.24, 2.45) is 7.05 Å². The fourth-order valence-electron chi connectivity index (χ4n) is 2.42. The topological polar surface area (TPSA) is 73.2 Å². The maximum atomic E-state index is 12.6. The van der Waals surface area contributed by atoms with Crippen molar-refractivity contribution < 1.29 is 9.53 Å². The van der Waals surface area contributed by atoms with Crippen molar-refractivity contribution in [1.29, 1.82) is 0 Å². The maximum absolute atomic E-state index is 12.6.